The summed E-state index contributed by atoms with van der Waals surface area (Å²) in [7, 11) is 0. The zero-order valence-corrected chi connectivity index (χ0v) is 9.10. The Labute approximate surface area is 84.7 Å². The second-order valence-electron chi connectivity index (χ2n) is 1.82. The number of thiol groups is 1. The van der Waals surface area contributed by atoms with E-state index in [9.17, 15) is 8.78 Å². The summed E-state index contributed by atoms with van der Waals surface area (Å²) in [6.07, 6.45) is 0. The normalized spacial score (nSPS) is 10.3. The summed E-state index contributed by atoms with van der Waals surface area (Å²) in [5, 5.41) is 0. The number of halogens is 4. The lowest BCUT2D eigenvalue weighted by Crippen LogP contribution is -1.87. The third-order valence-electron chi connectivity index (χ3n) is 1.08. The van der Waals surface area contributed by atoms with Gasteiger partial charge < -0.3 is 0 Å². The summed E-state index contributed by atoms with van der Waals surface area (Å²) in [5.41, 5.74) is 0. The lowest BCUT2D eigenvalue weighted by Gasteiger charge is -2.01. The van der Waals surface area contributed by atoms with Gasteiger partial charge in [-0.15, -0.1) is 12.6 Å². The molecule has 0 heterocycles. The van der Waals surface area contributed by atoms with Crippen molar-refractivity contribution >= 4 is 44.5 Å². The van der Waals surface area contributed by atoms with Crippen molar-refractivity contribution < 1.29 is 8.78 Å². The van der Waals surface area contributed by atoms with Gasteiger partial charge in [-0.1, -0.05) is 0 Å². The molecule has 0 atom stereocenters. The molecule has 1 aromatic rings. The number of hydrogen-bond acceptors (Lipinski definition) is 1. The van der Waals surface area contributed by atoms with Crippen molar-refractivity contribution in [2.45, 2.75) is 4.90 Å². The highest BCUT2D eigenvalue weighted by atomic mass is 79.9. The van der Waals surface area contributed by atoms with E-state index < -0.39 is 11.6 Å². The number of rotatable bonds is 0. The van der Waals surface area contributed by atoms with Gasteiger partial charge in [-0.3, -0.25) is 0 Å². The fourth-order valence-electron chi connectivity index (χ4n) is 0.560. The molecule has 0 aromatic heterocycles. The summed E-state index contributed by atoms with van der Waals surface area (Å²) in [4.78, 5) is 0.239. The molecule has 0 spiro atoms. The van der Waals surface area contributed by atoms with E-state index in [1.165, 1.54) is 0 Å². The average molecular weight is 304 g/mol. The second kappa shape index (κ2) is 3.41. The first-order valence-corrected chi connectivity index (χ1v) is 4.59. The molecule has 0 unspecified atom stereocenters. The molecular formula is C6H2Br2F2S. The Morgan fingerprint density at radius 1 is 1.18 bits per heavy atom. The van der Waals surface area contributed by atoms with Crippen LogP contribution in [-0.2, 0) is 0 Å². The molecule has 0 saturated heterocycles. The maximum Gasteiger partial charge on any atom is 0.155 e. The molecule has 0 fully saturated rings. The highest BCUT2D eigenvalue weighted by Crippen LogP contribution is 2.31. The van der Waals surface area contributed by atoms with Gasteiger partial charge >= 0.3 is 0 Å². The number of hydrogen-bond donors (Lipinski definition) is 1. The topological polar surface area (TPSA) is 0 Å². The van der Waals surface area contributed by atoms with Crippen LogP contribution in [0.25, 0.3) is 0 Å². The van der Waals surface area contributed by atoms with E-state index in [4.69, 9.17) is 0 Å². The highest BCUT2D eigenvalue weighted by Gasteiger charge is 2.12. The molecule has 0 N–H and O–H groups in total. The average Bonchev–Trinajstić information content (AvgIpc) is 1.97. The van der Waals surface area contributed by atoms with Crippen molar-refractivity contribution in [3.05, 3.63) is 26.6 Å². The van der Waals surface area contributed by atoms with Crippen LogP contribution in [0.3, 0.4) is 0 Å². The quantitative estimate of drug-likeness (QED) is 0.421. The molecule has 0 bridgehead atoms. The van der Waals surface area contributed by atoms with E-state index in [0.717, 1.165) is 6.07 Å². The van der Waals surface area contributed by atoms with Crippen LogP contribution in [0.2, 0.25) is 0 Å². The van der Waals surface area contributed by atoms with E-state index in [0.29, 0.717) is 0 Å². The van der Waals surface area contributed by atoms with Crippen LogP contribution in [0, 0.1) is 11.6 Å². The monoisotopic (exact) mass is 302 g/mol. The molecule has 0 nitrogen and oxygen atoms in total. The summed E-state index contributed by atoms with van der Waals surface area (Å²) in [5.74, 6) is -1.33. The Kier molecular flexibility index (Phi) is 2.94. The zero-order chi connectivity index (χ0) is 8.59. The minimum Gasteiger partial charge on any atom is -0.206 e. The van der Waals surface area contributed by atoms with Crippen molar-refractivity contribution in [3.63, 3.8) is 0 Å². The molecule has 0 aliphatic rings. The maximum absolute atomic E-state index is 12.9. The SMILES string of the molecule is Fc1cc(S)c(Br)c(F)c1Br. The summed E-state index contributed by atoms with van der Waals surface area (Å²) >= 11 is 9.50. The summed E-state index contributed by atoms with van der Waals surface area (Å²) < 4.78 is 25.5. The predicted molar refractivity (Wildman–Crippen MR) is 49.0 cm³/mol. The molecule has 0 radical (unpaired) electrons. The van der Waals surface area contributed by atoms with Crippen molar-refractivity contribution in [3.8, 4) is 0 Å². The van der Waals surface area contributed by atoms with E-state index in [-0.39, 0.29) is 13.8 Å². The van der Waals surface area contributed by atoms with Crippen LogP contribution >= 0.6 is 44.5 Å². The second-order valence-corrected chi connectivity index (χ2v) is 3.89. The first kappa shape index (κ1) is 9.48. The Morgan fingerprint density at radius 2 is 1.73 bits per heavy atom. The summed E-state index contributed by atoms with van der Waals surface area (Å²) in [6.45, 7) is 0. The van der Waals surface area contributed by atoms with Gasteiger partial charge in [0.2, 0.25) is 0 Å². The van der Waals surface area contributed by atoms with Crippen molar-refractivity contribution in [1.29, 1.82) is 0 Å². The predicted octanol–water partition coefficient (Wildman–Crippen LogP) is 3.78. The molecule has 1 aromatic carbocycles. The Bertz CT molecular complexity index is 275. The lowest BCUT2D eigenvalue weighted by molar-refractivity contribution is 0.561. The van der Waals surface area contributed by atoms with Gasteiger partial charge in [0, 0.05) is 4.90 Å². The zero-order valence-electron chi connectivity index (χ0n) is 5.04. The van der Waals surface area contributed by atoms with Crippen LogP contribution in [0.4, 0.5) is 8.78 Å². The van der Waals surface area contributed by atoms with Gasteiger partial charge in [-0.05, 0) is 37.9 Å². The van der Waals surface area contributed by atoms with E-state index >= 15 is 0 Å². The highest BCUT2D eigenvalue weighted by molar-refractivity contribution is 9.11. The van der Waals surface area contributed by atoms with Gasteiger partial charge in [0.15, 0.2) is 5.82 Å². The van der Waals surface area contributed by atoms with E-state index in [2.05, 4.69) is 44.5 Å². The Balaban J connectivity index is 3.46. The number of benzene rings is 1. The first-order chi connectivity index (χ1) is 5.04. The lowest BCUT2D eigenvalue weighted by atomic mass is 10.3. The molecule has 1 rings (SSSR count). The van der Waals surface area contributed by atoms with Crippen molar-refractivity contribution in [1.82, 2.24) is 0 Å². The standard InChI is InChI=1S/C6H2Br2F2S/c7-4-2(9)1-3(11)5(8)6(4)10/h1,11H. The minimum absolute atomic E-state index is 0.161. The Hall–Kier alpha value is 0.390. The first-order valence-electron chi connectivity index (χ1n) is 2.56. The largest absolute Gasteiger partial charge is 0.206 e. The molecule has 0 amide bonds. The fourth-order valence-corrected chi connectivity index (χ4v) is 1.66. The van der Waals surface area contributed by atoms with Gasteiger partial charge in [0.25, 0.3) is 0 Å². The van der Waals surface area contributed by atoms with Gasteiger partial charge in [-0.25, -0.2) is 8.78 Å². The molecular weight excluding hydrogens is 302 g/mol. The van der Waals surface area contributed by atoms with Gasteiger partial charge in [0.1, 0.15) is 5.82 Å². The van der Waals surface area contributed by atoms with Crippen molar-refractivity contribution in [2.24, 2.45) is 0 Å². The Morgan fingerprint density at radius 3 is 2.27 bits per heavy atom. The third kappa shape index (κ3) is 1.76. The van der Waals surface area contributed by atoms with Gasteiger partial charge in [0.05, 0.1) is 8.95 Å². The minimum atomic E-state index is -0.671. The molecule has 0 aliphatic heterocycles. The van der Waals surface area contributed by atoms with Crippen LogP contribution < -0.4 is 0 Å². The van der Waals surface area contributed by atoms with E-state index in [1.54, 1.807) is 0 Å². The van der Waals surface area contributed by atoms with Crippen LogP contribution in [0.15, 0.2) is 19.9 Å². The van der Waals surface area contributed by atoms with Crippen molar-refractivity contribution in [2.75, 3.05) is 0 Å². The molecule has 60 valence electrons. The molecule has 0 saturated carbocycles. The van der Waals surface area contributed by atoms with E-state index in [1.807, 2.05) is 0 Å². The summed E-state index contributed by atoms with van der Waals surface area (Å²) in [6, 6.07) is 1.13. The van der Waals surface area contributed by atoms with Crippen LogP contribution in [0.1, 0.15) is 0 Å². The molecule has 5 heteroatoms. The van der Waals surface area contributed by atoms with Crippen LogP contribution in [-0.4, -0.2) is 0 Å². The van der Waals surface area contributed by atoms with Crippen LogP contribution in [0.5, 0.6) is 0 Å². The third-order valence-corrected chi connectivity index (χ3v) is 3.24. The van der Waals surface area contributed by atoms with Gasteiger partial charge in [-0.2, -0.15) is 0 Å². The molecule has 0 aliphatic carbocycles. The molecule has 11 heavy (non-hydrogen) atoms. The fraction of sp³-hybridized carbons (Fsp3) is 0. The maximum atomic E-state index is 12.9. The smallest absolute Gasteiger partial charge is 0.155 e.